The van der Waals surface area contributed by atoms with Crippen molar-refractivity contribution in [2.24, 2.45) is 0 Å². The molecule has 3 N–H and O–H groups in total. The average molecular weight is 235 g/mol. The number of nitrogens with zero attached hydrogens (tertiary/aromatic N) is 2. The second-order valence-corrected chi connectivity index (χ2v) is 4.73. The monoisotopic (exact) mass is 235 g/mol. The van der Waals surface area contributed by atoms with Crippen LogP contribution in [0, 0.1) is 0 Å². The van der Waals surface area contributed by atoms with Crippen LogP contribution in [0.1, 0.15) is 6.42 Å². The van der Waals surface area contributed by atoms with Crippen LogP contribution < -0.4 is 10.6 Å². The molecular weight excluding hydrogens is 222 g/mol. The molecule has 1 aliphatic heterocycles. The SMILES string of the molecule is c1csc(-c2cc(NC3CCNC3)n[nH]2)n1. The number of rotatable bonds is 3. The Bertz CT molecular complexity index is 443. The van der Waals surface area contributed by atoms with E-state index in [1.54, 1.807) is 17.5 Å². The zero-order valence-electron chi connectivity index (χ0n) is 8.73. The highest BCUT2D eigenvalue weighted by molar-refractivity contribution is 7.13. The van der Waals surface area contributed by atoms with Crippen molar-refractivity contribution in [3.63, 3.8) is 0 Å². The van der Waals surface area contributed by atoms with E-state index in [1.165, 1.54) is 0 Å². The predicted molar refractivity (Wildman–Crippen MR) is 64.6 cm³/mol. The van der Waals surface area contributed by atoms with Crippen LogP contribution in [0.15, 0.2) is 17.6 Å². The molecule has 84 valence electrons. The van der Waals surface area contributed by atoms with Crippen molar-refractivity contribution in [1.82, 2.24) is 20.5 Å². The minimum atomic E-state index is 0.493. The van der Waals surface area contributed by atoms with Crippen molar-refractivity contribution in [2.45, 2.75) is 12.5 Å². The molecule has 2 aromatic heterocycles. The molecule has 1 aliphatic rings. The van der Waals surface area contributed by atoms with Gasteiger partial charge in [-0.05, 0) is 13.0 Å². The summed E-state index contributed by atoms with van der Waals surface area (Å²) in [5.41, 5.74) is 0.975. The van der Waals surface area contributed by atoms with E-state index in [1.807, 2.05) is 11.4 Å². The summed E-state index contributed by atoms with van der Waals surface area (Å²) in [5.74, 6) is 0.902. The molecule has 0 aromatic carbocycles. The van der Waals surface area contributed by atoms with Gasteiger partial charge in [-0.15, -0.1) is 11.3 Å². The van der Waals surface area contributed by atoms with Crippen molar-refractivity contribution in [3.05, 3.63) is 17.6 Å². The molecule has 0 aliphatic carbocycles. The molecule has 1 saturated heterocycles. The molecule has 1 fully saturated rings. The van der Waals surface area contributed by atoms with Gasteiger partial charge < -0.3 is 10.6 Å². The van der Waals surface area contributed by atoms with Gasteiger partial charge in [0, 0.05) is 30.2 Å². The molecule has 5 nitrogen and oxygen atoms in total. The number of thiazole rings is 1. The van der Waals surface area contributed by atoms with Crippen LogP contribution in [-0.2, 0) is 0 Å². The Hall–Kier alpha value is -1.40. The molecule has 1 atom stereocenters. The van der Waals surface area contributed by atoms with Crippen LogP contribution in [-0.4, -0.2) is 34.3 Å². The summed E-state index contributed by atoms with van der Waals surface area (Å²) in [4.78, 5) is 4.24. The van der Waals surface area contributed by atoms with E-state index in [4.69, 9.17) is 0 Å². The summed E-state index contributed by atoms with van der Waals surface area (Å²) in [6.07, 6.45) is 2.95. The lowest BCUT2D eigenvalue weighted by atomic mass is 10.2. The molecule has 6 heteroatoms. The lowest BCUT2D eigenvalue weighted by molar-refractivity contribution is 0.786. The first-order valence-corrected chi connectivity index (χ1v) is 6.22. The van der Waals surface area contributed by atoms with E-state index >= 15 is 0 Å². The molecule has 0 spiro atoms. The molecule has 0 saturated carbocycles. The van der Waals surface area contributed by atoms with Gasteiger partial charge in [0.1, 0.15) is 10.8 Å². The Morgan fingerprint density at radius 2 is 2.50 bits per heavy atom. The number of aromatic nitrogens is 3. The first-order valence-electron chi connectivity index (χ1n) is 5.34. The minimum Gasteiger partial charge on any atom is -0.365 e. The Morgan fingerprint density at radius 1 is 1.50 bits per heavy atom. The smallest absolute Gasteiger partial charge is 0.148 e. The van der Waals surface area contributed by atoms with Crippen molar-refractivity contribution in [3.8, 4) is 10.7 Å². The van der Waals surface area contributed by atoms with Crippen molar-refractivity contribution >= 4 is 17.2 Å². The maximum atomic E-state index is 4.24. The summed E-state index contributed by atoms with van der Waals surface area (Å²) >= 11 is 1.61. The van der Waals surface area contributed by atoms with Gasteiger partial charge >= 0.3 is 0 Å². The molecule has 1 unspecified atom stereocenters. The minimum absolute atomic E-state index is 0.493. The molecule has 16 heavy (non-hydrogen) atoms. The zero-order valence-corrected chi connectivity index (χ0v) is 9.55. The van der Waals surface area contributed by atoms with Gasteiger partial charge in [0.15, 0.2) is 0 Å². The van der Waals surface area contributed by atoms with Crippen LogP contribution in [0.4, 0.5) is 5.82 Å². The summed E-state index contributed by atoms with van der Waals surface area (Å²) in [5, 5.41) is 16.9. The fraction of sp³-hybridized carbons (Fsp3) is 0.400. The number of hydrogen-bond donors (Lipinski definition) is 3. The predicted octanol–water partition coefficient (Wildman–Crippen LogP) is 1.31. The van der Waals surface area contributed by atoms with E-state index in [-0.39, 0.29) is 0 Å². The topological polar surface area (TPSA) is 65.6 Å². The van der Waals surface area contributed by atoms with E-state index in [9.17, 15) is 0 Å². The first kappa shape index (κ1) is 9.80. The van der Waals surface area contributed by atoms with E-state index in [0.717, 1.165) is 36.0 Å². The Kier molecular flexibility index (Phi) is 2.59. The third-order valence-corrected chi connectivity index (χ3v) is 3.46. The number of hydrogen-bond acceptors (Lipinski definition) is 5. The van der Waals surface area contributed by atoms with Crippen molar-refractivity contribution in [1.29, 1.82) is 0 Å². The van der Waals surface area contributed by atoms with E-state index in [2.05, 4.69) is 25.8 Å². The fourth-order valence-corrected chi connectivity index (χ4v) is 2.45. The third kappa shape index (κ3) is 1.94. The summed E-state index contributed by atoms with van der Waals surface area (Å²) in [6.45, 7) is 2.10. The quantitative estimate of drug-likeness (QED) is 0.750. The number of H-pyrrole nitrogens is 1. The Morgan fingerprint density at radius 3 is 3.25 bits per heavy atom. The number of anilines is 1. The van der Waals surface area contributed by atoms with E-state index in [0.29, 0.717) is 6.04 Å². The summed E-state index contributed by atoms with van der Waals surface area (Å²) in [7, 11) is 0. The Balaban J connectivity index is 1.72. The average Bonchev–Trinajstić information content (AvgIpc) is 2.99. The Labute approximate surface area is 97.3 Å². The van der Waals surface area contributed by atoms with Crippen molar-refractivity contribution < 1.29 is 0 Å². The maximum Gasteiger partial charge on any atom is 0.148 e. The molecule has 0 bridgehead atoms. The second kappa shape index (κ2) is 4.23. The third-order valence-electron chi connectivity index (χ3n) is 2.65. The van der Waals surface area contributed by atoms with Gasteiger partial charge in [0.2, 0.25) is 0 Å². The zero-order chi connectivity index (χ0) is 10.8. The van der Waals surface area contributed by atoms with Crippen molar-refractivity contribution in [2.75, 3.05) is 18.4 Å². The maximum absolute atomic E-state index is 4.24. The first-order chi connectivity index (χ1) is 7.92. The van der Waals surface area contributed by atoms with Gasteiger partial charge in [-0.1, -0.05) is 0 Å². The summed E-state index contributed by atoms with van der Waals surface area (Å²) in [6, 6.07) is 2.50. The lowest BCUT2D eigenvalue weighted by Gasteiger charge is -2.08. The van der Waals surface area contributed by atoms with Gasteiger partial charge in [-0.3, -0.25) is 5.10 Å². The highest BCUT2D eigenvalue weighted by Crippen LogP contribution is 2.22. The molecule has 0 radical (unpaired) electrons. The standard InChI is InChI=1S/C10H13N5S/c1-2-11-6-7(1)13-9-5-8(14-15-9)10-12-3-4-16-10/h3-5,7,11H,1-2,6H2,(H2,13,14,15). The van der Waals surface area contributed by atoms with Gasteiger partial charge in [0.25, 0.3) is 0 Å². The van der Waals surface area contributed by atoms with Gasteiger partial charge in [-0.25, -0.2) is 4.98 Å². The highest BCUT2D eigenvalue weighted by Gasteiger charge is 2.15. The largest absolute Gasteiger partial charge is 0.365 e. The molecule has 0 amide bonds. The molecule has 3 heterocycles. The van der Waals surface area contributed by atoms with Crippen LogP contribution in [0.5, 0.6) is 0 Å². The second-order valence-electron chi connectivity index (χ2n) is 3.84. The molecular formula is C10H13N5S. The fourth-order valence-electron chi connectivity index (χ4n) is 1.85. The van der Waals surface area contributed by atoms with Crippen LogP contribution >= 0.6 is 11.3 Å². The van der Waals surface area contributed by atoms with Crippen LogP contribution in [0.25, 0.3) is 10.7 Å². The van der Waals surface area contributed by atoms with Gasteiger partial charge in [0.05, 0.1) is 5.69 Å². The molecule has 2 aromatic rings. The highest BCUT2D eigenvalue weighted by atomic mass is 32.1. The lowest BCUT2D eigenvalue weighted by Crippen LogP contribution is -2.22. The normalized spacial score (nSPS) is 20.1. The van der Waals surface area contributed by atoms with Crippen LogP contribution in [0.2, 0.25) is 0 Å². The number of nitrogens with one attached hydrogen (secondary N) is 3. The van der Waals surface area contributed by atoms with Gasteiger partial charge in [-0.2, -0.15) is 5.10 Å². The molecule has 3 rings (SSSR count). The summed E-state index contributed by atoms with van der Waals surface area (Å²) < 4.78 is 0. The van der Waals surface area contributed by atoms with E-state index < -0.39 is 0 Å². The number of aromatic amines is 1. The van der Waals surface area contributed by atoms with Crippen LogP contribution in [0.3, 0.4) is 0 Å².